The number of amides is 1. The predicted octanol–water partition coefficient (Wildman–Crippen LogP) is 4.02. The van der Waals surface area contributed by atoms with Gasteiger partial charge in [-0.1, -0.05) is 6.07 Å². The van der Waals surface area contributed by atoms with E-state index >= 15 is 0 Å². The van der Waals surface area contributed by atoms with Gasteiger partial charge < -0.3 is 15.0 Å². The predicted molar refractivity (Wildman–Crippen MR) is 99.2 cm³/mol. The van der Waals surface area contributed by atoms with Crippen molar-refractivity contribution >= 4 is 16.9 Å². The minimum atomic E-state index is -4.43. The average Bonchev–Trinajstić information content (AvgIpc) is 3.39. The molecule has 0 aliphatic heterocycles. The summed E-state index contributed by atoms with van der Waals surface area (Å²) in [4.78, 5) is 23.9. The molecule has 1 aromatic carbocycles. The third-order valence-corrected chi connectivity index (χ3v) is 4.94. The van der Waals surface area contributed by atoms with Crippen molar-refractivity contribution in [2.75, 3.05) is 6.61 Å². The van der Waals surface area contributed by atoms with E-state index in [1.54, 1.807) is 19.1 Å². The molecular formula is C20H18F4N4O2. The van der Waals surface area contributed by atoms with E-state index in [4.69, 9.17) is 0 Å². The van der Waals surface area contributed by atoms with E-state index in [-0.39, 0.29) is 35.5 Å². The van der Waals surface area contributed by atoms with Crippen LogP contribution >= 0.6 is 0 Å². The van der Waals surface area contributed by atoms with Crippen LogP contribution in [0.3, 0.4) is 0 Å². The molecule has 1 saturated carbocycles. The molecule has 30 heavy (non-hydrogen) atoms. The normalized spacial score (nSPS) is 19.5. The Bertz CT molecular complexity index is 1060. The van der Waals surface area contributed by atoms with Gasteiger partial charge >= 0.3 is 6.18 Å². The van der Waals surface area contributed by atoms with Gasteiger partial charge in [0.15, 0.2) is 6.61 Å². The van der Waals surface area contributed by atoms with Crippen LogP contribution in [0.25, 0.3) is 11.0 Å². The lowest BCUT2D eigenvalue weighted by Crippen LogP contribution is -2.28. The van der Waals surface area contributed by atoms with Gasteiger partial charge in [0, 0.05) is 24.1 Å². The van der Waals surface area contributed by atoms with Crippen LogP contribution in [0.2, 0.25) is 0 Å². The highest BCUT2D eigenvalue weighted by Gasteiger charge is 2.46. The van der Waals surface area contributed by atoms with Crippen molar-refractivity contribution < 1.29 is 27.1 Å². The van der Waals surface area contributed by atoms with Crippen LogP contribution in [0.1, 0.15) is 36.7 Å². The highest BCUT2D eigenvalue weighted by Crippen LogP contribution is 2.47. The molecule has 4 rings (SSSR count). The summed E-state index contributed by atoms with van der Waals surface area (Å²) in [6, 6.07) is 6.78. The van der Waals surface area contributed by atoms with Crippen LogP contribution in [0.5, 0.6) is 5.88 Å². The van der Waals surface area contributed by atoms with Crippen molar-refractivity contribution in [1.29, 1.82) is 0 Å². The van der Waals surface area contributed by atoms with Gasteiger partial charge in [0.25, 0.3) is 0 Å². The number of imidazole rings is 1. The summed E-state index contributed by atoms with van der Waals surface area (Å²) in [6.45, 7) is 0.343. The minimum Gasteiger partial charge on any atom is -0.468 e. The summed E-state index contributed by atoms with van der Waals surface area (Å²) in [5.74, 6) is -0.324. The number of pyridine rings is 1. The number of aromatic nitrogens is 3. The quantitative estimate of drug-likeness (QED) is 0.588. The van der Waals surface area contributed by atoms with Crippen molar-refractivity contribution in [2.45, 2.75) is 31.5 Å². The number of ether oxygens (including phenoxy) is 1. The molecule has 3 aromatic rings. The molecule has 1 aliphatic carbocycles. The molecule has 2 aromatic heterocycles. The molecule has 158 valence electrons. The first kappa shape index (κ1) is 20.1. The first-order valence-corrected chi connectivity index (χ1v) is 9.30. The van der Waals surface area contributed by atoms with E-state index in [2.05, 4.69) is 25.0 Å². The number of nitrogens with one attached hydrogen (secondary N) is 2. The fourth-order valence-corrected chi connectivity index (χ4v) is 3.26. The van der Waals surface area contributed by atoms with Gasteiger partial charge in [-0.2, -0.15) is 13.2 Å². The van der Waals surface area contributed by atoms with Crippen LogP contribution in [0, 0.1) is 11.7 Å². The Labute approximate surface area is 168 Å². The second-order valence-corrected chi connectivity index (χ2v) is 7.30. The Balaban J connectivity index is 1.33. The van der Waals surface area contributed by atoms with E-state index in [9.17, 15) is 22.4 Å². The number of carbonyl (C=O) groups excluding carboxylic acids is 1. The number of carbonyl (C=O) groups is 1. The molecule has 1 unspecified atom stereocenters. The van der Waals surface area contributed by atoms with Crippen LogP contribution in [-0.2, 0) is 4.79 Å². The lowest BCUT2D eigenvalue weighted by atomic mass is 10.1. The number of rotatable bonds is 6. The molecule has 1 amide bonds. The van der Waals surface area contributed by atoms with E-state index < -0.39 is 12.8 Å². The van der Waals surface area contributed by atoms with Crippen LogP contribution < -0.4 is 10.1 Å². The number of H-pyrrole nitrogens is 1. The Hall–Kier alpha value is -3.17. The van der Waals surface area contributed by atoms with Gasteiger partial charge in [0.1, 0.15) is 11.6 Å². The van der Waals surface area contributed by atoms with Gasteiger partial charge in [-0.05, 0) is 37.1 Å². The molecule has 2 heterocycles. The monoisotopic (exact) mass is 422 g/mol. The zero-order chi connectivity index (χ0) is 21.5. The lowest BCUT2D eigenvalue weighted by molar-refractivity contribution is -0.154. The number of hydrogen-bond donors (Lipinski definition) is 2. The molecule has 0 bridgehead atoms. The number of fused-ring (bicyclic) bond motifs is 1. The smallest absolute Gasteiger partial charge is 0.422 e. The Morgan fingerprint density at radius 3 is 2.83 bits per heavy atom. The lowest BCUT2D eigenvalue weighted by Gasteiger charge is -2.15. The van der Waals surface area contributed by atoms with Crippen LogP contribution in [0.15, 0.2) is 36.5 Å². The van der Waals surface area contributed by atoms with Gasteiger partial charge in [-0.3, -0.25) is 4.79 Å². The number of benzene rings is 1. The third kappa shape index (κ3) is 4.52. The highest BCUT2D eigenvalue weighted by molar-refractivity contribution is 5.83. The van der Waals surface area contributed by atoms with Crippen molar-refractivity contribution in [3.63, 3.8) is 0 Å². The summed E-state index contributed by atoms with van der Waals surface area (Å²) < 4.78 is 54.4. The number of hydrogen-bond acceptors (Lipinski definition) is 4. The van der Waals surface area contributed by atoms with E-state index in [1.807, 2.05) is 0 Å². The molecular weight excluding hydrogens is 404 g/mol. The average molecular weight is 422 g/mol. The number of halogens is 4. The molecule has 0 saturated heterocycles. The fourth-order valence-electron chi connectivity index (χ4n) is 3.26. The van der Waals surface area contributed by atoms with Crippen molar-refractivity contribution in [3.05, 3.63) is 53.7 Å². The first-order chi connectivity index (χ1) is 14.2. The molecule has 2 N–H and O–H groups in total. The molecule has 6 nitrogen and oxygen atoms in total. The van der Waals surface area contributed by atoms with E-state index in [1.165, 1.54) is 24.4 Å². The SMILES string of the molecule is C[C@@H](NC(=O)C1C[C@@H]1c1nc2ccc(F)cc2[nH]1)c1ccc(OCC(F)(F)F)nc1. The van der Waals surface area contributed by atoms with Gasteiger partial charge in [-0.25, -0.2) is 14.4 Å². The maximum Gasteiger partial charge on any atom is 0.422 e. The van der Waals surface area contributed by atoms with Gasteiger partial charge in [0.2, 0.25) is 11.8 Å². The van der Waals surface area contributed by atoms with Crippen LogP contribution in [0.4, 0.5) is 17.6 Å². The highest BCUT2D eigenvalue weighted by atomic mass is 19.4. The Morgan fingerprint density at radius 2 is 2.13 bits per heavy atom. The topological polar surface area (TPSA) is 79.9 Å². The Kier molecular flexibility index (Phi) is 5.08. The molecule has 10 heteroatoms. The molecule has 3 atom stereocenters. The number of alkyl halides is 3. The summed E-state index contributed by atoms with van der Waals surface area (Å²) in [7, 11) is 0. The second-order valence-electron chi connectivity index (χ2n) is 7.30. The van der Waals surface area contributed by atoms with Crippen molar-refractivity contribution in [2.24, 2.45) is 5.92 Å². The molecule has 0 spiro atoms. The first-order valence-electron chi connectivity index (χ1n) is 9.30. The van der Waals surface area contributed by atoms with E-state index in [0.717, 1.165) is 0 Å². The molecule has 1 aliphatic rings. The largest absolute Gasteiger partial charge is 0.468 e. The minimum absolute atomic E-state index is 0.0658. The number of nitrogens with zero attached hydrogens (tertiary/aromatic N) is 2. The standard InChI is InChI=1S/C20H18F4N4O2/c1-10(11-2-5-17(25-8-11)30-9-20(22,23)24)26-19(29)14-7-13(14)18-27-15-4-3-12(21)6-16(15)28-18/h2-6,8,10,13-14H,7,9H2,1H3,(H,26,29)(H,27,28)/t10-,13+,14?/m1/s1. The maximum atomic E-state index is 13.3. The molecule has 0 radical (unpaired) electrons. The zero-order valence-corrected chi connectivity index (χ0v) is 15.8. The van der Waals surface area contributed by atoms with Crippen molar-refractivity contribution in [3.8, 4) is 5.88 Å². The Morgan fingerprint density at radius 1 is 1.33 bits per heavy atom. The second kappa shape index (κ2) is 7.58. The van der Waals surface area contributed by atoms with Crippen LogP contribution in [-0.4, -0.2) is 33.6 Å². The van der Waals surface area contributed by atoms with E-state index in [0.29, 0.717) is 28.8 Å². The summed E-state index contributed by atoms with van der Waals surface area (Å²) >= 11 is 0. The maximum absolute atomic E-state index is 13.3. The summed E-state index contributed by atoms with van der Waals surface area (Å²) in [5, 5.41) is 2.88. The summed E-state index contributed by atoms with van der Waals surface area (Å²) in [5.41, 5.74) is 1.87. The van der Waals surface area contributed by atoms with Gasteiger partial charge in [0.05, 0.1) is 17.1 Å². The van der Waals surface area contributed by atoms with Crippen molar-refractivity contribution in [1.82, 2.24) is 20.3 Å². The summed E-state index contributed by atoms with van der Waals surface area (Å²) in [6.07, 6.45) is -2.44. The number of aromatic amines is 1. The fraction of sp³-hybridized carbons (Fsp3) is 0.350. The molecule has 1 fully saturated rings. The van der Waals surface area contributed by atoms with Gasteiger partial charge in [-0.15, -0.1) is 0 Å². The zero-order valence-electron chi connectivity index (χ0n) is 15.8. The third-order valence-electron chi connectivity index (χ3n) is 4.94.